The minimum atomic E-state index is -3.76. The van der Waals surface area contributed by atoms with Gasteiger partial charge in [0.25, 0.3) is 0 Å². The van der Waals surface area contributed by atoms with Gasteiger partial charge in [-0.1, -0.05) is 11.8 Å². The number of nitrogens with one attached hydrogen (secondary N) is 1. The first-order valence-corrected chi connectivity index (χ1v) is 12.6. The van der Waals surface area contributed by atoms with Gasteiger partial charge < -0.3 is 15.2 Å². The minimum absolute atomic E-state index is 0.00447. The van der Waals surface area contributed by atoms with E-state index >= 15 is 4.39 Å². The number of imidazole rings is 1. The molecule has 12 nitrogen and oxygen atoms in total. The Morgan fingerprint density at radius 3 is 2.79 bits per heavy atom. The third-order valence-corrected chi connectivity index (χ3v) is 7.90. The zero-order chi connectivity index (χ0) is 24.4. The van der Waals surface area contributed by atoms with Crippen molar-refractivity contribution < 1.29 is 32.6 Å². The topological polar surface area (TPSA) is 141 Å². The number of aliphatic hydroxyl groups is 1. The summed E-state index contributed by atoms with van der Waals surface area (Å²) in [6.07, 6.45) is -1.60. The van der Waals surface area contributed by atoms with E-state index in [2.05, 4.69) is 20.3 Å². The molecule has 2 unspecified atom stereocenters. The van der Waals surface area contributed by atoms with Crippen molar-refractivity contribution in [2.75, 3.05) is 45.4 Å². The van der Waals surface area contributed by atoms with E-state index in [1.807, 2.05) is 0 Å². The summed E-state index contributed by atoms with van der Waals surface area (Å²) in [5, 5.41) is 13.6. The van der Waals surface area contributed by atoms with Gasteiger partial charge in [0.1, 0.15) is 23.5 Å². The molecule has 0 radical (unpaired) electrons. The molecule has 15 heteroatoms. The van der Waals surface area contributed by atoms with Crippen molar-refractivity contribution >= 4 is 41.6 Å². The Labute approximate surface area is 194 Å². The maximum absolute atomic E-state index is 15.3. The standard InChI is InChI=1S/C18H28FN6O6PS/c1-11(26)33-7-6-29-32(28,24(4)5)30-8-12-18(2,27)14(19)17(31-12)25-10-23-13-15(20-3)21-9-22-16(13)25/h9-10,12,14,17,27H,6-8H2,1-5H3,(H,20,21,22)/t12-,14?,17+,18+,32?/m1/s1. The van der Waals surface area contributed by atoms with E-state index in [1.165, 1.54) is 49.8 Å². The third-order valence-electron chi connectivity index (χ3n) is 5.16. The number of aromatic nitrogens is 4. The van der Waals surface area contributed by atoms with Crippen LogP contribution in [0, 0.1) is 0 Å². The average molecular weight is 506 g/mol. The van der Waals surface area contributed by atoms with Gasteiger partial charge in [0.15, 0.2) is 29.0 Å². The van der Waals surface area contributed by atoms with Gasteiger partial charge in [-0.05, 0) is 21.0 Å². The molecule has 1 aliphatic heterocycles. The quantitative estimate of drug-likeness (QED) is 0.359. The number of hydrogen-bond acceptors (Lipinski definition) is 11. The van der Waals surface area contributed by atoms with Gasteiger partial charge in [-0.25, -0.2) is 28.6 Å². The second kappa shape index (κ2) is 10.3. The van der Waals surface area contributed by atoms with Crippen molar-refractivity contribution in [3.05, 3.63) is 12.7 Å². The molecule has 33 heavy (non-hydrogen) atoms. The fourth-order valence-corrected chi connectivity index (χ4v) is 5.00. The van der Waals surface area contributed by atoms with Crippen molar-refractivity contribution in [1.82, 2.24) is 24.2 Å². The molecule has 0 aliphatic carbocycles. The van der Waals surface area contributed by atoms with Crippen LogP contribution >= 0.6 is 19.5 Å². The predicted octanol–water partition coefficient (Wildman–Crippen LogP) is 1.84. The van der Waals surface area contributed by atoms with E-state index in [9.17, 15) is 14.5 Å². The molecule has 1 saturated heterocycles. The smallest absolute Gasteiger partial charge is 0.384 e. The normalized spacial score (nSPS) is 27.2. The summed E-state index contributed by atoms with van der Waals surface area (Å²) >= 11 is 1.03. The highest BCUT2D eigenvalue weighted by Gasteiger charge is 2.55. The van der Waals surface area contributed by atoms with Crippen molar-refractivity contribution in [3.63, 3.8) is 0 Å². The van der Waals surface area contributed by atoms with Crippen LogP contribution in [-0.2, 0) is 23.1 Å². The largest absolute Gasteiger partial charge is 0.407 e. The molecule has 2 aromatic heterocycles. The molecule has 0 bridgehead atoms. The van der Waals surface area contributed by atoms with Crippen LogP contribution in [0.1, 0.15) is 20.1 Å². The number of carbonyl (C=O) groups excluding carboxylic acids is 1. The van der Waals surface area contributed by atoms with Crippen LogP contribution in [0.3, 0.4) is 0 Å². The SMILES string of the molecule is CNc1ncnc2c1ncn2[C@H]1O[C@H](COP(=O)(OCCSC(C)=O)N(C)C)[C@](C)(O)C1F. The number of anilines is 1. The maximum Gasteiger partial charge on any atom is 0.407 e. The van der Waals surface area contributed by atoms with Crippen LogP contribution in [0.15, 0.2) is 12.7 Å². The van der Waals surface area contributed by atoms with E-state index in [0.29, 0.717) is 22.7 Å². The van der Waals surface area contributed by atoms with Gasteiger partial charge in [-0.3, -0.25) is 18.4 Å². The molecule has 3 rings (SSSR count). The summed E-state index contributed by atoms with van der Waals surface area (Å²) < 4.78 is 47.7. The van der Waals surface area contributed by atoms with E-state index in [1.54, 1.807) is 7.05 Å². The van der Waals surface area contributed by atoms with Crippen LogP contribution in [0.4, 0.5) is 10.2 Å². The molecule has 3 heterocycles. The van der Waals surface area contributed by atoms with Crippen LogP contribution in [-0.4, -0.2) is 92.4 Å². The highest BCUT2D eigenvalue weighted by atomic mass is 32.2. The Balaban J connectivity index is 1.74. The van der Waals surface area contributed by atoms with Crippen LogP contribution in [0.25, 0.3) is 11.2 Å². The molecular weight excluding hydrogens is 478 g/mol. The molecular formula is C18H28FN6O6PS. The Morgan fingerprint density at radius 2 is 2.15 bits per heavy atom. The first-order chi connectivity index (χ1) is 15.5. The van der Waals surface area contributed by atoms with Crippen LogP contribution < -0.4 is 5.32 Å². The van der Waals surface area contributed by atoms with Crippen molar-refractivity contribution in [2.45, 2.75) is 38.0 Å². The Hall–Kier alpha value is -1.67. The molecule has 184 valence electrons. The average Bonchev–Trinajstić information content (AvgIpc) is 3.28. The predicted molar refractivity (Wildman–Crippen MR) is 121 cm³/mol. The second-order valence-corrected chi connectivity index (χ2v) is 11.2. The first-order valence-electron chi connectivity index (χ1n) is 10.1. The molecule has 2 aromatic rings. The lowest BCUT2D eigenvalue weighted by molar-refractivity contribution is -0.109. The highest BCUT2D eigenvalue weighted by Crippen LogP contribution is 2.51. The third kappa shape index (κ3) is 5.37. The van der Waals surface area contributed by atoms with Gasteiger partial charge in [0.05, 0.1) is 19.5 Å². The lowest BCUT2D eigenvalue weighted by atomic mass is 9.96. The molecule has 5 atom stereocenters. The molecule has 2 N–H and O–H groups in total. The van der Waals surface area contributed by atoms with E-state index in [0.717, 1.165) is 11.8 Å². The summed E-state index contributed by atoms with van der Waals surface area (Å²) in [6, 6.07) is 0. The number of thioether (sulfide) groups is 1. The first kappa shape index (κ1) is 25.9. The summed E-state index contributed by atoms with van der Waals surface area (Å²) in [7, 11) is 0.919. The number of rotatable bonds is 10. The van der Waals surface area contributed by atoms with Crippen molar-refractivity contribution in [1.29, 1.82) is 0 Å². The zero-order valence-corrected chi connectivity index (χ0v) is 20.7. The maximum atomic E-state index is 15.3. The van der Waals surface area contributed by atoms with E-state index in [4.69, 9.17) is 13.8 Å². The molecule has 0 spiro atoms. The molecule has 0 aromatic carbocycles. The molecule has 1 fully saturated rings. The van der Waals surface area contributed by atoms with Gasteiger partial charge in [0, 0.05) is 19.7 Å². The lowest BCUT2D eigenvalue weighted by Crippen LogP contribution is -2.44. The number of carbonyl (C=O) groups is 1. The summed E-state index contributed by atoms with van der Waals surface area (Å²) in [6.45, 7) is 2.31. The summed E-state index contributed by atoms with van der Waals surface area (Å²) in [5.74, 6) is 0.762. The summed E-state index contributed by atoms with van der Waals surface area (Å²) in [4.78, 5) is 23.5. The number of ether oxygens (including phenoxy) is 1. The zero-order valence-electron chi connectivity index (χ0n) is 19.0. The van der Waals surface area contributed by atoms with Crippen molar-refractivity contribution in [3.8, 4) is 0 Å². The second-order valence-electron chi connectivity index (χ2n) is 7.72. The fourth-order valence-electron chi connectivity index (χ4n) is 3.25. The number of alkyl halides is 1. The van der Waals surface area contributed by atoms with E-state index < -0.39 is 38.5 Å². The summed E-state index contributed by atoms with van der Waals surface area (Å²) in [5.41, 5.74) is -1.21. The van der Waals surface area contributed by atoms with Crippen LogP contribution in [0.2, 0.25) is 0 Å². The lowest BCUT2D eigenvalue weighted by Gasteiger charge is -2.28. The van der Waals surface area contributed by atoms with Gasteiger partial charge >= 0.3 is 7.75 Å². The molecule has 1 aliphatic rings. The van der Waals surface area contributed by atoms with E-state index in [-0.39, 0.29) is 11.7 Å². The minimum Gasteiger partial charge on any atom is -0.384 e. The van der Waals surface area contributed by atoms with Crippen LogP contribution in [0.5, 0.6) is 0 Å². The number of fused-ring (bicyclic) bond motifs is 1. The Kier molecular flexibility index (Phi) is 8.10. The number of hydrogen-bond donors (Lipinski definition) is 2. The van der Waals surface area contributed by atoms with Gasteiger partial charge in [-0.2, -0.15) is 0 Å². The molecule has 0 amide bonds. The Morgan fingerprint density at radius 1 is 1.42 bits per heavy atom. The van der Waals surface area contributed by atoms with Crippen molar-refractivity contribution in [2.24, 2.45) is 0 Å². The molecule has 0 saturated carbocycles. The van der Waals surface area contributed by atoms with Gasteiger partial charge in [0.2, 0.25) is 0 Å². The number of halogens is 1. The monoisotopic (exact) mass is 506 g/mol. The Bertz CT molecular complexity index is 1040. The fraction of sp³-hybridized carbons (Fsp3) is 0.667. The number of nitrogens with zero attached hydrogens (tertiary/aromatic N) is 5. The highest BCUT2D eigenvalue weighted by molar-refractivity contribution is 8.13. The van der Waals surface area contributed by atoms with Gasteiger partial charge in [-0.15, -0.1) is 0 Å².